The molecule has 0 unspecified atom stereocenters. The van der Waals surface area contributed by atoms with Crippen molar-refractivity contribution in [2.24, 2.45) is 0 Å². The highest BCUT2D eigenvalue weighted by Gasteiger charge is 2.17. The van der Waals surface area contributed by atoms with Gasteiger partial charge in [-0.3, -0.25) is 0 Å². The van der Waals surface area contributed by atoms with Gasteiger partial charge in [0.1, 0.15) is 0 Å². The molecule has 0 aliphatic carbocycles. The quantitative estimate of drug-likeness (QED) is 0.182. The van der Waals surface area contributed by atoms with Crippen LogP contribution in [0.3, 0.4) is 0 Å². The van der Waals surface area contributed by atoms with E-state index in [1.165, 1.54) is 11.1 Å². The Kier molecular flexibility index (Phi) is 7.88. The van der Waals surface area contributed by atoms with Gasteiger partial charge in [-0.05, 0) is 98.8 Å². The smallest absolute Gasteiger partial charge is 0.248 e. The summed E-state index contributed by atoms with van der Waals surface area (Å²) in [6, 6.07) is 41.6. The lowest BCUT2D eigenvalue weighted by atomic mass is 9.87. The lowest BCUT2D eigenvalue weighted by Gasteiger charge is -2.18. The van der Waals surface area contributed by atoms with Gasteiger partial charge in [-0.1, -0.05) is 108 Å². The summed E-state index contributed by atoms with van der Waals surface area (Å²) in [5.41, 5.74) is 10.7. The van der Waals surface area contributed by atoms with E-state index in [1.54, 1.807) is 0 Å². The number of benzene rings is 5. The van der Waals surface area contributed by atoms with Crippen molar-refractivity contribution >= 4 is 0 Å². The van der Waals surface area contributed by atoms with Gasteiger partial charge in [-0.15, -0.1) is 20.4 Å². The molecule has 2 heterocycles. The monoisotopic (exact) mass is 630 g/mol. The van der Waals surface area contributed by atoms with Gasteiger partial charge in [-0.2, -0.15) is 0 Å². The van der Waals surface area contributed by atoms with Crippen LogP contribution < -0.4 is 0 Å². The molecule has 0 atom stereocenters. The van der Waals surface area contributed by atoms with Crippen LogP contribution >= 0.6 is 0 Å². The first-order valence-electron chi connectivity index (χ1n) is 16.2. The van der Waals surface area contributed by atoms with Crippen molar-refractivity contribution in [3.05, 3.63) is 132 Å². The van der Waals surface area contributed by atoms with Gasteiger partial charge < -0.3 is 8.83 Å². The zero-order valence-electron chi connectivity index (χ0n) is 28.2. The second-order valence-electron chi connectivity index (χ2n) is 14.2. The van der Waals surface area contributed by atoms with Crippen molar-refractivity contribution < 1.29 is 8.83 Å². The minimum absolute atomic E-state index is 0.0891. The molecule has 0 aliphatic heterocycles. The lowest BCUT2D eigenvalue weighted by Crippen LogP contribution is -2.10. The molecule has 7 rings (SSSR count). The fourth-order valence-electron chi connectivity index (χ4n) is 5.63. The van der Waals surface area contributed by atoms with Crippen LogP contribution in [-0.4, -0.2) is 20.4 Å². The van der Waals surface area contributed by atoms with Crippen LogP contribution in [-0.2, 0) is 10.8 Å². The summed E-state index contributed by atoms with van der Waals surface area (Å²) in [6.45, 7) is 13.2. The number of hydrogen-bond donors (Lipinski definition) is 0. The highest BCUT2D eigenvalue weighted by molar-refractivity contribution is 5.75. The van der Waals surface area contributed by atoms with Gasteiger partial charge in [-0.25, -0.2) is 0 Å². The van der Waals surface area contributed by atoms with E-state index < -0.39 is 0 Å². The predicted molar refractivity (Wildman–Crippen MR) is 192 cm³/mol. The van der Waals surface area contributed by atoms with E-state index in [0.717, 1.165) is 44.5 Å². The summed E-state index contributed by atoms with van der Waals surface area (Å²) in [5, 5.41) is 17.2. The highest BCUT2D eigenvalue weighted by Crippen LogP contribution is 2.32. The number of nitrogens with zero attached hydrogens (tertiary/aromatic N) is 4. The summed E-state index contributed by atoms with van der Waals surface area (Å²) in [7, 11) is 0. The van der Waals surface area contributed by atoms with E-state index in [2.05, 4.69) is 135 Å². The Hall–Kier alpha value is -5.62. The van der Waals surface area contributed by atoms with Crippen molar-refractivity contribution in [2.75, 3.05) is 0 Å². The molecule has 0 amide bonds. The lowest BCUT2D eigenvalue weighted by molar-refractivity contribution is 0.582. The topological polar surface area (TPSA) is 77.8 Å². The highest BCUT2D eigenvalue weighted by atomic mass is 16.4. The Bertz CT molecular complexity index is 2010. The molecule has 6 nitrogen and oxygen atoms in total. The standard InChI is InChI=1S/C42H38N4O2/c1-41(2,3)35-22-18-31(19-23-35)39-45-43-37(47-39)29-14-10-27(11-15-29)33-8-7-9-34(26-33)28-12-16-30(17-13-28)38-44-46-40(48-38)32-20-24-36(25-21-32)42(4,5)6/h7-26H,1-6H3. The Morgan fingerprint density at radius 2 is 0.604 bits per heavy atom. The molecule has 0 N–H and O–H groups in total. The summed E-state index contributed by atoms with van der Waals surface area (Å²) in [5.74, 6) is 2.02. The molecule has 0 bridgehead atoms. The van der Waals surface area contributed by atoms with Gasteiger partial charge in [0.15, 0.2) is 0 Å². The minimum atomic E-state index is 0.0891. The maximum absolute atomic E-state index is 6.05. The van der Waals surface area contributed by atoms with Gasteiger partial charge >= 0.3 is 0 Å². The maximum atomic E-state index is 6.05. The van der Waals surface area contributed by atoms with E-state index in [1.807, 2.05) is 48.5 Å². The van der Waals surface area contributed by atoms with Crippen LogP contribution in [0.5, 0.6) is 0 Å². The second kappa shape index (κ2) is 12.2. The van der Waals surface area contributed by atoms with Crippen molar-refractivity contribution in [3.63, 3.8) is 0 Å². The van der Waals surface area contributed by atoms with E-state index >= 15 is 0 Å². The average molecular weight is 631 g/mol. The van der Waals surface area contributed by atoms with Crippen molar-refractivity contribution in [1.82, 2.24) is 20.4 Å². The summed E-state index contributed by atoms with van der Waals surface area (Å²) in [6.07, 6.45) is 0. The maximum Gasteiger partial charge on any atom is 0.248 e. The third kappa shape index (κ3) is 6.47. The van der Waals surface area contributed by atoms with Crippen molar-refractivity contribution in [1.29, 1.82) is 0 Å². The third-order valence-electron chi connectivity index (χ3n) is 8.64. The van der Waals surface area contributed by atoms with E-state index in [-0.39, 0.29) is 10.8 Å². The Balaban J connectivity index is 1.05. The third-order valence-corrected chi connectivity index (χ3v) is 8.64. The molecule has 0 fully saturated rings. The zero-order valence-corrected chi connectivity index (χ0v) is 28.2. The van der Waals surface area contributed by atoms with Gasteiger partial charge in [0.05, 0.1) is 0 Å². The minimum Gasteiger partial charge on any atom is -0.416 e. The average Bonchev–Trinajstić information content (AvgIpc) is 3.80. The Morgan fingerprint density at radius 1 is 0.333 bits per heavy atom. The second-order valence-corrected chi connectivity index (χ2v) is 14.2. The van der Waals surface area contributed by atoms with Gasteiger partial charge in [0.25, 0.3) is 0 Å². The van der Waals surface area contributed by atoms with Crippen LogP contribution in [0.25, 0.3) is 68.1 Å². The molecule has 0 saturated carbocycles. The van der Waals surface area contributed by atoms with Crippen molar-refractivity contribution in [2.45, 2.75) is 52.4 Å². The van der Waals surface area contributed by atoms with Crippen LogP contribution in [0, 0.1) is 0 Å². The van der Waals surface area contributed by atoms with Crippen LogP contribution in [0.15, 0.2) is 130 Å². The molecule has 238 valence electrons. The zero-order chi connectivity index (χ0) is 33.5. The number of rotatable bonds is 6. The molecule has 2 aromatic heterocycles. The van der Waals surface area contributed by atoms with E-state index in [4.69, 9.17) is 8.83 Å². The number of hydrogen-bond acceptors (Lipinski definition) is 6. The molecule has 48 heavy (non-hydrogen) atoms. The first-order chi connectivity index (χ1) is 23.0. The Labute approximate surface area is 281 Å². The normalized spacial score (nSPS) is 12.0. The summed E-state index contributed by atoms with van der Waals surface area (Å²) >= 11 is 0. The molecule has 0 saturated heterocycles. The fourth-order valence-corrected chi connectivity index (χ4v) is 5.63. The van der Waals surface area contributed by atoms with E-state index in [0.29, 0.717) is 23.6 Å². The Morgan fingerprint density at radius 3 is 0.896 bits per heavy atom. The van der Waals surface area contributed by atoms with Gasteiger partial charge in [0.2, 0.25) is 23.6 Å². The molecule has 0 aliphatic rings. The molecule has 7 aromatic rings. The fraction of sp³-hybridized carbons (Fsp3) is 0.190. The van der Waals surface area contributed by atoms with E-state index in [9.17, 15) is 0 Å². The first kappa shape index (κ1) is 31.0. The SMILES string of the molecule is CC(C)(C)c1ccc(-c2nnc(-c3ccc(-c4cccc(-c5ccc(-c6nnc(-c7ccc(C(C)(C)C)cc7)o6)cc5)c4)cc3)o2)cc1. The summed E-state index contributed by atoms with van der Waals surface area (Å²) in [4.78, 5) is 0. The van der Waals surface area contributed by atoms with Crippen LogP contribution in [0.4, 0.5) is 0 Å². The van der Waals surface area contributed by atoms with Crippen LogP contribution in [0.1, 0.15) is 52.7 Å². The van der Waals surface area contributed by atoms with Gasteiger partial charge in [0, 0.05) is 22.3 Å². The molecule has 0 spiro atoms. The molecule has 5 aromatic carbocycles. The molecular formula is C42H38N4O2. The summed E-state index contributed by atoms with van der Waals surface area (Å²) < 4.78 is 12.1. The first-order valence-corrected chi connectivity index (χ1v) is 16.2. The number of aromatic nitrogens is 4. The van der Waals surface area contributed by atoms with Crippen LogP contribution in [0.2, 0.25) is 0 Å². The molecule has 0 radical (unpaired) electrons. The predicted octanol–water partition coefficient (Wildman–Crippen LogP) is 11.0. The molecule has 6 heteroatoms. The molecular weight excluding hydrogens is 592 g/mol. The van der Waals surface area contributed by atoms with Crippen molar-refractivity contribution in [3.8, 4) is 68.1 Å². The largest absolute Gasteiger partial charge is 0.416 e.